The summed E-state index contributed by atoms with van der Waals surface area (Å²) < 4.78 is 25.5. The third-order valence-electron chi connectivity index (χ3n) is 4.93. The second-order valence-corrected chi connectivity index (χ2v) is 8.94. The van der Waals surface area contributed by atoms with Crippen molar-refractivity contribution < 1.29 is 18.7 Å². The molecule has 0 saturated heterocycles. The fourth-order valence-corrected chi connectivity index (χ4v) is 4.04. The van der Waals surface area contributed by atoms with E-state index >= 15 is 0 Å². The average Bonchev–Trinajstić information content (AvgIpc) is 3.14. The number of aromatic nitrogens is 2. The highest BCUT2D eigenvalue weighted by Crippen LogP contribution is 2.40. The van der Waals surface area contributed by atoms with E-state index < -0.39 is 11.4 Å². The van der Waals surface area contributed by atoms with E-state index in [1.54, 1.807) is 12.1 Å². The van der Waals surface area contributed by atoms with Crippen molar-refractivity contribution in [3.05, 3.63) is 107 Å². The lowest BCUT2D eigenvalue weighted by molar-refractivity contribution is 0.240. The minimum absolute atomic E-state index is 0.00381. The second kappa shape index (κ2) is 10.8. The Bertz CT molecular complexity index is 1410. The quantitative estimate of drug-likeness (QED) is 0.298. The molecule has 1 heterocycles. The third-order valence-corrected chi connectivity index (χ3v) is 6.47. The van der Waals surface area contributed by atoms with E-state index in [-0.39, 0.29) is 19.8 Å². The van der Waals surface area contributed by atoms with Crippen molar-refractivity contribution in [2.75, 3.05) is 7.11 Å². The van der Waals surface area contributed by atoms with Crippen LogP contribution in [0.15, 0.2) is 83.7 Å². The maximum atomic E-state index is 11.9. The molecule has 176 valence electrons. The van der Waals surface area contributed by atoms with Crippen molar-refractivity contribution in [1.29, 1.82) is 0 Å². The summed E-state index contributed by atoms with van der Waals surface area (Å²) >= 11 is 7.06. The van der Waals surface area contributed by atoms with Gasteiger partial charge in [0.2, 0.25) is 5.75 Å². The van der Waals surface area contributed by atoms with Crippen LogP contribution in [0.1, 0.15) is 16.7 Å². The number of ether oxygens (including phenoxy) is 3. The Labute approximate surface area is 211 Å². The van der Waals surface area contributed by atoms with Gasteiger partial charge in [0, 0.05) is 20.1 Å². The molecule has 0 atom stereocenters. The first-order valence-corrected chi connectivity index (χ1v) is 11.8. The summed E-state index contributed by atoms with van der Waals surface area (Å²) in [5, 5.41) is 0. The van der Waals surface area contributed by atoms with Gasteiger partial charge in [-0.15, -0.1) is 4.74 Å². The Morgan fingerprint density at radius 1 is 0.882 bits per heavy atom. The smallest absolute Gasteiger partial charge is 0.440 e. The van der Waals surface area contributed by atoms with Crippen molar-refractivity contribution in [3.8, 4) is 17.2 Å². The first-order valence-electron chi connectivity index (χ1n) is 10.2. The lowest BCUT2D eigenvalue weighted by Gasteiger charge is -2.18. The molecule has 34 heavy (non-hydrogen) atoms. The summed E-state index contributed by atoms with van der Waals surface area (Å²) in [6, 6.07) is 18.9. The zero-order valence-corrected chi connectivity index (χ0v) is 21.2. The monoisotopic (exact) mass is 590 g/mol. The van der Waals surface area contributed by atoms with Gasteiger partial charge in [0.25, 0.3) is 0 Å². The Morgan fingerprint density at radius 2 is 1.47 bits per heavy atom. The number of nitrogens with one attached hydrogen (secondary N) is 1. The maximum Gasteiger partial charge on any atom is 0.440 e. The minimum Gasteiger partial charge on any atom is -0.493 e. The molecule has 3 aromatic carbocycles. The number of rotatable bonds is 9. The van der Waals surface area contributed by atoms with Crippen LogP contribution in [0.4, 0.5) is 0 Å². The number of nitrogens with zero attached hydrogens (tertiary/aromatic N) is 1. The Balaban J connectivity index is 1.68. The molecular weight excluding hydrogens is 572 g/mol. The normalized spacial score (nSPS) is 10.8. The summed E-state index contributed by atoms with van der Waals surface area (Å²) in [6.45, 7) is 0.539. The fourth-order valence-electron chi connectivity index (χ4n) is 3.24. The van der Waals surface area contributed by atoms with Gasteiger partial charge in [0.15, 0.2) is 11.5 Å². The second-order valence-electron chi connectivity index (χ2n) is 7.23. The fraction of sp³-hybridized carbons (Fsp3) is 0.167. The summed E-state index contributed by atoms with van der Waals surface area (Å²) in [5.41, 5.74) is 1.87. The van der Waals surface area contributed by atoms with E-state index in [2.05, 4.69) is 36.8 Å². The van der Waals surface area contributed by atoms with E-state index in [1.807, 2.05) is 48.5 Å². The predicted molar refractivity (Wildman–Crippen MR) is 133 cm³/mol. The molecule has 4 rings (SSSR count). The zero-order valence-electron chi connectivity index (χ0n) is 18.0. The van der Waals surface area contributed by atoms with Crippen molar-refractivity contribution in [2.45, 2.75) is 19.8 Å². The van der Waals surface area contributed by atoms with Gasteiger partial charge in [-0.3, -0.25) is 0 Å². The number of benzene rings is 3. The lowest BCUT2D eigenvalue weighted by atomic mass is 10.1. The molecule has 0 aliphatic rings. The van der Waals surface area contributed by atoms with E-state index in [1.165, 1.54) is 7.11 Å². The van der Waals surface area contributed by atoms with Crippen LogP contribution in [-0.2, 0) is 19.8 Å². The highest BCUT2D eigenvalue weighted by atomic mass is 79.9. The van der Waals surface area contributed by atoms with Crippen LogP contribution in [0, 0.1) is 0 Å². The molecule has 0 unspecified atom stereocenters. The van der Waals surface area contributed by atoms with Crippen molar-refractivity contribution >= 4 is 31.9 Å². The van der Waals surface area contributed by atoms with E-state index in [4.69, 9.17) is 18.7 Å². The summed E-state index contributed by atoms with van der Waals surface area (Å²) in [6.07, 6.45) is 0. The molecule has 10 heteroatoms. The molecule has 1 N–H and O–H groups in total. The van der Waals surface area contributed by atoms with Crippen LogP contribution in [0.2, 0.25) is 0 Å². The van der Waals surface area contributed by atoms with Gasteiger partial charge in [0.05, 0.1) is 13.7 Å². The van der Waals surface area contributed by atoms with Crippen LogP contribution in [-0.4, -0.2) is 16.8 Å². The molecule has 0 radical (unpaired) electrons. The summed E-state index contributed by atoms with van der Waals surface area (Å²) in [4.78, 5) is 25.3. The van der Waals surface area contributed by atoms with Gasteiger partial charge in [-0.1, -0.05) is 68.3 Å². The van der Waals surface area contributed by atoms with Crippen molar-refractivity contribution in [2.24, 2.45) is 0 Å². The average molecular weight is 592 g/mol. The number of hydrogen-bond acceptors (Lipinski definition) is 6. The van der Waals surface area contributed by atoms with Gasteiger partial charge < -0.3 is 18.7 Å². The molecule has 4 aromatic rings. The van der Waals surface area contributed by atoms with E-state index in [0.29, 0.717) is 22.8 Å². The van der Waals surface area contributed by atoms with Crippen LogP contribution in [0.3, 0.4) is 0 Å². The van der Waals surface area contributed by atoms with E-state index in [0.717, 1.165) is 24.8 Å². The summed E-state index contributed by atoms with van der Waals surface area (Å²) in [5.74, 6) is 0.424. The summed E-state index contributed by atoms with van der Waals surface area (Å²) in [7, 11) is 1.52. The molecule has 0 amide bonds. The highest BCUT2D eigenvalue weighted by molar-refractivity contribution is 9.10. The third kappa shape index (κ3) is 5.63. The first kappa shape index (κ1) is 23.9. The topological polar surface area (TPSA) is 95.7 Å². The van der Waals surface area contributed by atoms with Crippen LogP contribution < -0.4 is 25.7 Å². The molecule has 0 fully saturated rings. The predicted octanol–water partition coefficient (Wildman–Crippen LogP) is 4.87. The largest absolute Gasteiger partial charge is 0.493 e. The lowest BCUT2D eigenvalue weighted by Crippen LogP contribution is -2.17. The zero-order chi connectivity index (χ0) is 24.1. The molecule has 0 spiro atoms. The van der Waals surface area contributed by atoms with Crippen LogP contribution >= 0.6 is 31.9 Å². The number of hydrogen-bond donors (Lipinski definition) is 1. The van der Waals surface area contributed by atoms with E-state index in [9.17, 15) is 9.59 Å². The Kier molecular flexibility index (Phi) is 7.59. The molecule has 0 aliphatic heterocycles. The number of aromatic amines is 1. The molecule has 0 bridgehead atoms. The number of halogens is 2. The minimum atomic E-state index is -0.823. The van der Waals surface area contributed by atoms with Gasteiger partial charge in [-0.25, -0.2) is 14.6 Å². The maximum absolute atomic E-state index is 11.9. The van der Waals surface area contributed by atoms with Gasteiger partial charge >= 0.3 is 11.4 Å². The van der Waals surface area contributed by atoms with Crippen molar-refractivity contribution in [1.82, 2.24) is 9.72 Å². The molecule has 0 aliphatic carbocycles. The standard InChI is InChI=1S/C24H20Br2N2O6/c1-31-20-10-15(12-28-23(29)27-24(30)34-28)11-21(32-13-16-6-2-4-8-18(16)25)22(20)33-14-17-7-3-5-9-19(17)26/h2-11H,12-14H2,1H3,(H,27,29,30). The first-order chi connectivity index (χ1) is 16.4. The van der Waals surface area contributed by atoms with Crippen molar-refractivity contribution in [3.63, 3.8) is 0 Å². The SMILES string of the molecule is COc1cc(Cn2oc(=O)[nH]c2=O)cc(OCc2ccccc2Br)c1OCc1ccccc1Br. The van der Waals surface area contributed by atoms with Crippen LogP contribution in [0.25, 0.3) is 0 Å². The molecule has 0 saturated carbocycles. The highest BCUT2D eigenvalue weighted by Gasteiger charge is 2.18. The molecule has 1 aromatic heterocycles. The van der Waals surface area contributed by atoms with Gasteiger partial charge in [0.1, 0.15) is 13.2 Å². The Morgan fingerprint density at radius 3 is 2.03 bits per heavy atom. The molecule has 8 nitrogen and oxygen atoms in total. The van der Waals surface area contributed by atoms with Gasteiger partial charge in [-0.05, 0) is 29.8 Å². The number of H-pyrrole nitrogens is 1. The Hall–Kier alpha value is -3.24. The van der Waals surface area contributed by atoms with Gasteiger partial charge in [-0.2, -0.15) is 0 Å². The molecular formula is C24H20Br2N2O6. The number of methoxy groups -OCH3 is 1. The van der Waals surface area contributed by atoms with Crippen LogP contribution in [0.5, 0.6) is 17.2 Å².